The van der Waals surface area contributed by atoms with Gasteiger partial charge in [-0.2, -0.15) is 0 Å². The Bertz CT molecular complexity index is 943. The summed E-state index contributed by atoms with van der Waals surface area (Å²) in [5, 5.41) is 0. The summed E-state index contributed by atoms with van der Waals surface area (Å²) in [6.45, 7) is 4.90. The van der Waals surface area contributed by atoms with Crippen molar-refractivity contribution in [2.75, 3.05) is 12.3 Å². The molecule has 3 rings (SSSR count). The van der Waals surface area contributed by atoms with Gasteiger partial charge in [0.2, 0.25) is 0 Å². The van der Waals surface area contributed by atoms with Crippen molar-refractivity contribution in [3.63, 3.8) is 0 Å². The highest BCUT2D eigenvalue weighted by Gasteiger charge is 2.11. The summed E-state index contributed by atoms with van der Waals surface area (Å²) >= 11 is 0. The number of nitrogen functional groups attached to an aromatic ring is 1. The molecule has 28 heavy (non-hydrogen) atoms. The Morgan fingerprint density at radius 1 is 1.00 bits per heavy atom. The van der Waals surface area contributed by atoms with Crippen LogP contribution in [0.25, 0.3) is 0 Å². The summed E-state index contributed by atoms with van der Waals surface area (Å²) in [6, 6.07) is 18.8. The zero-order valence-electron chi connectivity index (χ0n) is 16.0. The van der Waals surface area contributed by atoms with Crippen molar-refractivity contribution < 1.29 is 4.79 Å². The van der Waals surface area contributed by atoms with E-state index in [1.54, 1.807) is 6.20 Å². The number of primary amides is 1. The molecule has 144 valence electrons. The van der Waals surface area contributed by atoms with Crippen LogP contribution in [0, 0.1) is 0 Å². The maximum Gasteiger partial charge on any atom is 0.271 e. The number of hydrogen-bond donors (Lipinski definition) is 2. The molecule has 0 bridgehead atoms. The molecule has 0 spiro atoms. The molecule has 0 aliphatic carbocycles. The Balaban J connectivity index is 1.71. The predicted molar refractivity (Wildman–Crippen MR) is 110 cm³/mol. The first-order chi connectivity index (χ1) is 13.5. The van der Waals surface area contributed by atoms with Gasteiger partial charge in [0.25, 0.3) is 5.91 Å². The molecule has 1 heterocycles. The first kappa shape index (κ1) is 19.5. The van der Waals surface area contributed by atoms with E-state index in [0.29, 0.717) is 12.1 Å². The number of rotatable bonds is 8. The fourth-order valence-corrected chi connectivity index (χ4v) is 3.13. The van der Waals surface area contributed by atoms with Crippen molar-refractivity contribution in [3.05, 3.63) is 88.9 Å². The molecule has 6 nitrogen and oxygen atoms in total. The van der Waals surface area contributed by atoms with Gasteiger partial charge < -0.3 is 11.5 Å². The van der Waals surface area contributed by atoms with Gasteiger partial charge >= 0.3 is 0 Å². The SMILES string of the molecule is CCN(Cc1ccccc1)Cc1cccc(Cc2cnc(N)c(C(N)=O)n2)c1. The van der Waals surface area contributed by atoms with Crippen LogP contribution in [0.1, 0.15) is 39.8 Å². The quantitative estimate of drug-likeness (QED) is 0.631. The number of amides is 1. The molecule has 2 aromatic carbocycles. The molecule has 0 aliphatic heterocycles. The van der Waals surface area contributed by atoms with Gasteiger partial charge in [-0.3, -0.25) is 9.69 Å². The van der Waals surface area contributed by atoms with Gasteiger partial charge in [-0.05, 0) is 23.2 Å². The third-order valence-corrected chi connectivity index (χ3v) is 4.56. The maximum absolute atomic E-state index is 11.4. The van der Waals surface area contributed by atoms with Crippen molar-refractivity contribution in [2.24, 2.45) is 5.73 Å². The van der Waals surface area contributed by atoms with E-state index in [9.17, 15) is 4.79 Å². The Hall–Kier alpha value is -3.25. The van der Waals surface area contributed by atoms with Crippen LogP contribution < -0.4 is 11.5 Å². The lowest BCUT2D eigenvalue weighted by molar-refractivity contribution is 0.0996. The maximum atomic E-state index is 11.4. The van der Waals surface area contributed by atoms with Crippen LogP contribution in [0.4, 0.5) is 5.82 Å². The van der Waals surface area contributed by atoms with Crippen LogP contribution in [0.15, 0.2) is 60.8 Å². The monoisotopic (exact) mass is 375 g/mol. The third kappa shape index (κ3) is 5.14. The molecule has 0 atom stereocenters. The zero-order valence-corrected chi connectivity index (χ0v) is 16.0. The first-order valence-corrected chi connectivity index (χ1v) is 9.30. The van der Waals surface area contributed by atoms with Crippen LogP contribution in [-0.4, -0.2) is 27.3 Å². The average Bonchev–Trinajstić information content (AvgIpc) is 2.70. The molecule has 0 unspecified atom stereocenters. The normalized spacial score (nSPS) is 10.9. The summed E-state index contributed by atoms with van der Waals surface area (Å²) in [6.07, 6.45) is 2.15. The van der Waals surface area contributed by atoms with E-state index in [4.69, 9.17) is 11.5 Å². The number of carbonyl (C=O) groups excluding carboxylic acids is 1. The molecule has 4 N–H and O–H groups in total. The van der Waals surface area contributed by atoms with Crippen LogP contribution >= 0.6 is 0 Å². The topological polar surface area (TPSA) is 98.1 Å². The standard InChI is InChI=1S/C22H25N5O/c1-2-27(14-16-7-4-3-5-8-16)15-18-10-6-9-17(11-18)12-19-13-25-21(23)20(26-19)22(24)28/h3-11,13H,2,12,14-15H2,1H3,(H2,23,25)(H2,24,28). The van der Waals surface area contributed by atoms with Crippen molar-refractivity contribution in [2.45, 2.75) is 26.4 Å². The van der Waals surface area contributed by atoms with Crippen molar-refractivity contribution in [3.8, 4) is 0 Å². The Kier molecular flexibility index (Phi) is 6.34. The Morgan fingerprint density at radius 3 is 2.39 bits per heavy atom. The largest absolute Gasteiger partial charge is 0.382 e. The van der Waals surface area contributed by atoms with E-state index < -0.39 is 5.91 Å². The third-order valence-electron chi connectivity index (χ3n) is 4.56. The van der Waals surface area contributed by atoms with E-state index in [1.807, 2.05) is 18.2 Å². The van der Waals surface area contributed by atoms with E-state index in [2.05, 4.69) is 58.2 Å². The molecule has 6 heteroatoms. The van der Waals surface area contributed by atoms with Gasteiger partial charge in [0.15, 0.2) is 11.5 Å². The summed E-state index contributed by atoms with van der Waals surface area (Å²) in [5.41, 5.74) is 15.3. The van der Waals surface area contributed by atoms with Crippen molar-refractivity contribution in [1.29, 1.82) is 0 Å². The molecular weight excluding hydrogens is 350 g/mol. The van der Waals surface area contributed by atoms with Crippen molar-refractivity contribution in [1.82, 2.24) is 14.9 Å². The predicted octanol–water partition coefficient (Wildman–Crippen LogP) is 2.77. The number of benzene rings is 2. The lowest BCUT2D eigenvalue weighted by atomic mass is 10.1. The smallest absolute Gasteiger partial charge is 0.271 e. The van der Waals surface area contributed by atoms with Crippen molar-refractivity contribution >= 4 is 11.7 Å². The number of nitrogens with two attached hydrogens (primary N) is 2. The minimum absolute atomic E-state index is 0.0219. The molecular formula is C22H25N5O. The number of carbonyl (C=O) groups is 1. The van der Waals surface area contributed by atoms with E-state index in [-0.39, 0.29) is 11.5 Å². The van der Waals surface area contributed by atoms with Gasteiger partial charge in [-0.15, -0.1) is 0 Å². The number of nitrogens with zero attached hydrogens (tertiary/aromatic N) is 3. The van der Waals surface area contributed by atoms with Gasteiger partial charge in [-0.25, -0.2) is 9.97 Å². The lowest BCUT2D eigenvalue weighted by Crippen LogP contribution is -2.22. The molecule has 1 aromatic heterocycles. The number of hydrogen-bond acceptors (Lipinski definition) is 5. The van der Waals surface area contributed by atoms with E-state index in [0.717, 1.165) is 25.2 Å². The minimum atomic E-state index is -0.667. The highest BCUT2D eigenvalue weighted by Crippen LogP contribution is 2.15. The van der Waals surface area contributed by atoms with E-state index >= 15 is 0 Å². The fraction of sp³-hybridized carbons (Fsp3) is 0.227. The average molecular weight is 375 g/mol. The second-order valence-corrected chi connectivity index (χ2v) is 6.75. The summed E-state index contributed by atoms with van der Waals surface area (Å²) in [7, 11) is 0. The van der Waals surface area contributed by atoms with Crippen LogP contribution in [0.5, 0.6) is 0 Å². The van der Waals surface area contributed by atoms with Gasteiger partial charge in [-0.1, -0.05) is 61.5 Å². The molecule has 1 amide bonds. The summed E-state index contributed by atoms with van der Waals surface area (Å²) in [4.78, 5) is 22.1. The highest BCUT2D eigenvalue weighted by atomic mass is 16.1. The number of aromatic nitrogens is 2. The molecule has 0 saturated carbocycles. The molecule has 0 aliphatic rings. The van der Waals surface area contributed by atoms with Crippen LogP contribution in [0.3, 0.4) is 0 Å². The van der Waals surface area contributed by atoms with Crippen LogP contribution in [0.2, 0.25) is 0 Å². The highest BCUT2D eigenvalue weighted by molar-refractivity contribution is 5.94. The minimum Gasteiger partial charge on any atom is -0.382 e. The van der Waals surface area contributed by atoms with Gasteiger partial charge in [0, 0.05) is 19.5 Å². The van der Waals surface area contributed by atoms with E-state index in [1.165, 1.54) is 11.1 Å². The van der Waals surface area contributed by atoms with Gasteiger partial charge in [0.05, 0.1) is 11.9 Å². The summed E-state index contributed by atoms with van der Waals surface area (Å²) in [5.74, 6) is -0.607. The molecule has 0 fully saturated rings. The number of anilines is 1. The Morgan fingerprint density at radius 2 is 1.68 bits per heavy atom. The van der Waals surface area contributed by atoms with Crippen LogP contribution in [-0.2, 0) is 19.5 Å². The zero-order chi connectivity index (χ0) is 19.9. The van der Waals surface area contributed by atoms with Gasteiger partial charge in [0.1, 0.15) is 0 Å². The Labute approximate surface area is 165 Å². The fourth-order valence-electron chi connectivity index (χ4n) is 3.13. The molecule has 0 saturated heterocycles. The molecule has 3 aromatic rings. The second-order valence-electron chi connectivity index (χ2n) is 6.75. The lowest BCUT2D eigenvalue weighted by Gasteiger charge is -2.21. The first-order valence-electron chi connectivity index (χ1n) is 9.30. The summed E-state index contributed by atoms with van der Waals surface area (Å²) < 4.78 is 0. The second kappa shape index (κ2) is 9.10. The molecule has 0 radical (unpaired) electrons.